The van der Waals surface area contributed by atoms with Crippen molar-refractivity contribution in [1.82, 2.24) is 10.6 Å². The molecule has 0 aromatic heterocycles. The number of esters is 2. The van der Waals surface area contributed by atoms with Crippen molar-refractivity contribution in [3.63, 3.8) is 0 Å². The van der Waals surface area contributed by atoms with Gasteiger partial charge in [0.05, 0.1) is 69.5 Å². The number of aliphatic hydroxyl groups is 20. The van der Waals surface area contributed by atoms with Crippen LogP contribution in [0.2, 0.25) is 0 Å². The standard InChI is InChI=1S/C94H165N5O46/c1-6-10-12-14-16-18-20-22-23-25-27-29-31-33-35-37-60(111)98-41-54(49(106)36-34-32-30-28-26-24-21-19-17-15-13-11-7-2)132-86-72(119)71(118)76(57(45-103)135-86)137-88-75(122)83(144-93(90(126)127)39-50(107)63(95)78(140-93)67(114)53(110)42-100)77(58(46-104)136-88)138-85-66(99-48(5)105)81(68(115)55(43-101)133-85)139-87-74(121)82(69(116)56(44-102)134-87)143-92(89(124)125)38-51(108)65(97)80(142-92)73(120)84(123)145-94(91(128)129)40-52(109)64(96)79(141-94)70(117)59(131-62(113)9-4)47-130-61(112)8-3/h34,36,49-59,63-88,100-104,106-110,114-123H,6-33,35,37-47,95-97H2,1-5H3,(H,98,111)(H,99,105)(H,124,125)(H,126,127)(H,128,129)/b36-34+/t49?,50-,51-,52-,53?,54?,55-,56-,57+,58-,59?,63+,64+,65+,66-,67?,68+,69+,70?,71+,72+,73?,74-,75-,76+,77+,78+,79+,80+,81-,82+,83-,84?,85+,86+,87+,88+,92+,93+,94+/m0/s1. The van der Waals surface area contributed by atoms with Gasteiger partial charge in [-0.3, -0.25) is 19.2 Å². The highest BCUT2D eigenvalue weighted by Gasteiger charge is 2.65. The zero-order chi connectivity index (χ0) is 107. The predicted molar refractivity (Wildman–Crippen MR) is 496 cm³/mol. The number of aliphatic carboxylic acids is 3. The molecule has 0 bridgehead atoms. The maximum absolute atomic E-state index is 14.0. The molecule has 7 saturated heterocycles. The summed E-state index contributed by atoms with van der Waals surface area (Å²) in [6.07, 6.45) is -48.1. The highest BCUT2D eigenvalue weighted by Crippen LogP contribution is 2.45. The number of amides is 2. The van der Waals surface area contributed by atoms with Crippen molar-refractivity contribution in [2.45, 2.75) is 490 Å². The van der Waals surface area contributed by atoms with Crippen LogP contribution in [0.1, 0.15) is 247 Å². The summed E-state index contributed by atoms with van der Waals surface area (Å²) in [5.74, 6) is -20.6. The number of rotatable bonds is 66. The zero-order valence-electron chi connectivity index (χ0n) is 83.2. The Hall–Kier alpha value is -5.45. The van der Waals surface area contributed by atoms with Gasteiger partial charge in [-0.15, -0.1) is 0 Å². The lowest BCUT2D eigenvalue weighted by molar-refractivity contribution is -0.405. The molecule has 0 radical (unpaired) electrons. The highest BCUT2D eigenvalue weighted by molar-refractivity contribution is 5.78. The molecular weight excluding hydrogens is 1940 g/mol. The molecule has 31 N–H and O–H groups in total. The van der Waals surface area contributed by atoms with E-state index in [-0.39, 0.29) is 25.8 Å². The molecule has 2 amide bonds. The molecule has 145 heavy (non-hydrogen) atoms. The molecule has 7 rings (SSSR count). The molecule has 7 heterocycles. The molecule has 0 aliphatic carbocycles. The van der Waals surface area contributed by atoms with Crippen LogP contribution in [-0.2, 0) is 109 Å². The molecule has 0 aromatic carbocycles. The number of carboxylic acid groups (broad SMARTS) is 3. The zero-order valence-corrected chi connectivity index (χ0v) is 83.2. The molecule has 0 spiro atoms. The van der Waals surface area contributed by atoms with Crippen molar-refractivity contribution >= 4 is 41.7 Å². The largest absolute Gasteiger partial charge is 0.477 e. The molecule has 8 unspecified atom stereocenters. The summed E-state index contributed by atoms with van der Waals surface area (Å²) in [5.41, 5.74) is 18.7. The minimum atomic E-state index is -3.58. The number of allylic oxidation sites excluding steroid dienone is 1. The number of carboxylic acids is 3. The number of hydrogen-bond acceptors (Lipinski definition) is 46. The summed E-state index contributed by atoms with van der Waals surface area (Å²) >= 11 is 0. The van der Waals surface area contributed by atoms with Gasteiger partial charge in [0.2, 0.25) is 11.8 Å². The molecule has 0 saturated carbocycles. The van der Waals surface area contributed by atoms with Crippen LogP contribution in [0.25, 0.3) is 0 Å². The molecule has 51 heteroatoms. The third-order valence-corrected chi connectivity index (χ3v) is 27.4. The Kier molecular flexibility index (Phi) is 54.6. The average molecular weight is 2100 g/mol. The van der Waals surface area contributed by atoms with Gasteiger partial charge in [0.15, 0.2) is 37.6 Å². The summed E-state index contributed by atoms with van der Waals surface area (Å²) < 4.78 is 94.0. The SMILES string of the molecule is CCCCCCCCCCCCC/C=C/C(O)C(CNC(=O)CCCCCCCCCCCCCCCCC)O[C@@H]1O[C@H](CO)[C@@H](O[C@H]2O[C@@H](CO)[C@@H](O[C@H]3O[C@@H](CO)[C@@H](O)[C@@H](O[C@H]4O[C@@H](CO)[C@@H](O)[C@@H](O[C@@]5(C(=O)O)C[C@H](O)[C@@H](N)[C@H](C(O)C(O)O[C@@]6(C(=O)O)C[C@H](O)[C@@H](N)[C@H](C(O)C(COC(=O)CC)OC(=O)CC)O6)O5)[C@@H]4O)[C@@H]3NC(C)=O)[C@@H](O[C@@]3(C(=O)O)C[C@H](O)[C@@H](N)[C@H](C(O)C(O)CO)O3)[C@@H]2O)[C@H](O)[C@H]1O. The number of unbranched alkanes of at least 4 members (excludes halogenated alkanes) is 25. The Bertz CT molecular complexity index is 3810. The second-order valence-electron chi connectivity index (χ2n) is 38.6. The smallest absolute Gasteiger partial charge is 0.364 e. The average Bonchev–Trinajstić information content (AvgIpc) is 0.746. The maximum Gasteiger partial charge on any atom is 0.364 e. The second-order valence-corrected chi connectivity index (χ2v) is 38.6. The normalized spacial score (nSPS) is 35.9. The second kappa shape index (κ2) is 62.7. The Morgan fingerprint density at radius 1 is 0.428 bits per heavy atom. The third-order valence-electron chi connectivity index (χ3n) is 27.4. The fourth-order valence-electron chi connectivity index (χ4n) is 18.7. The molecule has 40 atom stereocenters. The predicted octanol–water partition coefficient (Wildman–Crippen LogP) is -5.35. The number of ether oxygens (including phenoxy) is 16. The Morgan fingerprint density at radius 3 is 1.30 bits per heavy atom. The molecule has 7 aliphatic rings. The van der Waals surface area contributed by atoms with Gasteiger partial charge in [0.1, 0.15) is 159 Å². The van der Waals surface area contributed by atoms with Crippen LogP contribution in [-0.4, -0.2) is 449 Å². The van der Waals surface area contributed by atoms with Crippen LogP contribution in [0.4, 0.5) is 0 Å². The number of nitrogens with one attached hydrogen (secondary N) is 2. The quantitative estimate of drug-likeness (QED) is 0.0117. The van der Waals surface area contributed by atoms with Gasteiger partial charge in [-0.25, -0.2) is 14.4 Å². The number of aliphatic hydroxyl groups excluding tert-OH is 20. The lowest BCUT2D eigenvalue weighted by Gasteiger charge is -2.53. The van der Waals surface area contributed by atoms with Crippen molar-refractivity contribution in [1.29, 1.82) is 0 Å². The number of carbonyl (C=O) groups is 7. The first-order valence-corrected chi connectivity index (χ1v) is 51.1. The topological polar surface area (TPSA) is 835 Å². The number of nitrogens with two attached hydrogens (primary N) is 3. The van der Waals surface area contributed by atoms with Crippen molar-refractivity contribution in [3.8, 4) is 0 Å². The van der Waals surface area contributed by atoms with Crippen molar-refractivity contribution in [2.75, 3.05) is 46.2 Å². The van der Waals surface area contributed by atoms with Crippen molar-refractivity contribution in [3.05, 3.63) is 12.2 Å². The van der Waals surface area contributed by atoms with Crippen LogP contribution in [0.3, 0.4) is 0 Å². The summed E-state index contributed by atoms with van der Waals surface area (Å²) in [6, 6.07) is -7.95. The van der Waals surface area contributed by atoms with Crippen molar-refractivity contribution < 1.29 is 227 Å². The van der Waals surface area contributed by atoms with E-state index in [1.807, 2.05) is 0 Å². The van der Waals surface area contributed by atoms with Gasteiger partial charge in [0, 0.05) is 52.0 Å². The Labute approximate surface area is 841 Å². The van der Waals surface area contributed by atoms with E-state index in [4.69, 9.17) is 93.0 Å². The number of carbonyl (C=O) groups excluding carboxylic acids is 4. The molecule has 7 fully saturated rings. The first-order chi connectivity index (χ1) is 69.0. The minimum Gasteiger partial charge on any atom is -0.477 e. The summed E-state index contributed by atoms with van der Waals surface area (Å²) in [7, 11) is 0. The van der Waals surface area contributed by atoms with Gasteiger partial charge in [-0.05, 0) is 19.3 Å². The van der Waals surface area contributed by atoms with Gasteiger partial charge in [0.25, 0.3) is 17.4 Å². The van der Waals surface area contributed by atoms with Crippen molar-refractivity contribution in [2.24, 2.45) is 17.2 Å². The minimum absolute atomic E-state index is 0.114. The van der Waals surface area contributed by atoms with Crippen LogP contribution in [0.15, 0.2) is 12.2 Å². The number of hydrogen-bond donors (Lipinski definition) is 28. The molecule has 7 aliphatic heterocycles. The van der Waals surface area contributed by atoms with E-state index in [0.717, 1.165) is 77.6 Å². The third kappa shape index (κ3) is 35.6. The molecule has 0 aromatic rings. The maximum atomic E-state index is 14.0. The van der Waals surface area contributed by atoms with Gasteiger partial charge in [-0.2, -0.15) is 0 Å². The van der Waals surface area contributed by atoms with Gasteiger partial charge >= 0.3 is 29.8 Å². The monoisotopic (exact) mass is 2100 g/mol. The van der Waals surface area contributed by atoms with E-state index in [0.29, 0.717) is 12.8 Å². The Balaban J connectivity index is 1.16. The highest BCUT2D eigenvalue weighted by atomic mass is 16.8. The summed E-state index contributed by atoms with van der Waals surface area (Å²) in [4.78, 5) is 92.9. The molecule has 842 valence electrons. The van der Waals surface area contributed by atoms with E-state index in [1.54, 1.807) is 6.08 Å². The van der Waals surface area contributed by atoms with E-state index >= 15 is 0 Å². The van der Waals surface area contributed by atoms with Crippen LogP contribution in [0.5, 0.6) is 0 Å². The van der Waals surface area contributed by atoms with Gasteiger partial charge < -0.3 is 221 Å². The van der Waals surface area contributed by atoms with E-state index < -0.39 is 344 Å². The van der Waals surface area contributed by atoms with E-state index in [9.17, 15) is 151 Å². The Morgan fingerprint density at radius 2 is 0.828 bits per heavy atom. The fraction of sp³-hybridized carbons (Fsp3) is 0.904. The lowest BCUT2D eigenvalue weighted by atomic mass is 9.88. The lowest BCUT2D eigenvalue weighted by Crippen LogP contribution is -2.72. The van der Waals surface area contributed by atoms with E-state index in [1.165, 1.54) is 110 Å². The first kappa shape index (κ1) is 126. The fourth-order valence-corrected chi connectivity index (χ4v) is 18.7. The first-order valence-electron chi connectivity index (χ1n) is 51.1. The summed E-state index contributed by atoms with van der Waals surface area (Å²) in [5, 5.41) is 270. The molecular formula is C94H165N5O46. The van der Waals surface area contributed by atoms with Crippen LogP contribution in [0, 0.1) is 0 Å². The van der Waals surface area contributed by atoms with E-state index in [2.05, 4.69) is 24.5 Å². The van der Waals surface area contributed by atoms with Crippen LogP contribution < -0.4 is 27.8 Å². The van der Waals surface area contributed by atoms with Crippen LogP contribution >= 0.6 is 0 Å². The molecule has 51 nitrogen and oxygen atoms in total. The summed E-state index contributed by atoms with van der Waals surface area (Å²) in [6.45, 7) is 0.239. The van der Waals surface area contributed by atoms with Gasteiger partial charge in [-0.1, -0.05) is 194 Å².